The van der Waals surface area contributed by atoms with Crippen LogP contribution in [-0.4, -0.2) is 79.3 Å². The van der Waals surface area contributed by atoms with E-state index in [0.717, 1.165) is 352 Å². The van der Waals surface area contributed by atoms with Gasteiger partial charge in [0.15, 0.2) is 69.0 Å². The van der Waals surface area contributed by atoms with Crippen LogP contribution in [0.3, 0.4) is 0 Å². The first-order valence-electron chi connectivity index (χ1n) is 44.9. The molecule has 0 saturated carbocycles. The Kier molecular flexibility index (Phi) is 42.0. The Bertz CT molecular complexity index is 3550. The Hall–Kier alpha value is -7.08. The standard InChI is InChI=1S/C98H146O12/c1-11-21-39-51-99-87-63-75-77-65-89(101-53-41-23-13-3)93(105-57-45-27-17-7)69-81(77)85-73-97(95(107-59-47-29-19-9)71-83(85)79(75)67-91(87)103-55-43-25-15-5)109-61-49-37-35-33-31-32-34-36-38-50-62-110-98-74-86-82-70-94(106-58-46-28-18-8)90(102-54-42-24-14-4)66-78(82)76-64-88(100-52-40-22-12-2)92(104-56-44-26-16-6)68-80(76)84(86)72-96(98)108-60-48-30-20-10/h63-74H,11-62H2,1-10H3. The van der Waals surface area contributed by atoms with Crippen molar-refractivity contribution in [2.45, 2.75) is 326 Å². The normalized spacial score (nSPS) is 11.6. The van der Waals surface area contributed by atoms with Crippen LogP contribution < -0.4 is 56.8 Å². The average Bonchev–Trinajstić information content (AvgIpc) is 0.733. The van der Waals surface area contributed by atoms with Crippen molar-refractivity contribution in [2.75, 3.05) is 79.3 Å². The first-order chi connectivity index (χ1) is 54.3. The van der Waals surface area contributed by atoms with E-state index >= 15 is 0 Å². The van der Waals surface area contributed by atoms with Crippen LogP contribution in [0.2, 0.25) is 0 Å². The van der Waals surface area contributed by atoms with Gasteiger partial charge < -0.3 is 56.8 Å². The van der Waals surface area contributed by atoms with Crippen molar-refractivity contribution in [3.05, 3.63) is 72.8 Å². The summed E-state index contributed by atoms with van der Waals surface area (Å²) >= 11 is 0. The third-order valence-corrected chi connectivity index (χ3v) is 21.4. The van der Waals surface area contributed by atoms with Gasteiger partial charge in [-0.3, -0.25) is 0 Å². The summed E-state index contributed by atoms with van der Waals surface area (Å²) in [6.07, 6.45) is 43.8. The summed E-state index contributed by atoms with van der Waals surface area (Å²) in [5.41, 5.74) is 0. The maximum absolute atomic E-state index is 6.89. The molecule has 0 fully saturated rings. The number of rotatable bonds is 65. The summed E-state index contributed by atoms with van der Waals surface area (Å²) < 4.78 is 80.8. The van der Waals surface area contributed by atoms with E-state index in [1.165, 1.54) is 38.5 Å². The van der Waals surface area contributed by atoms with Crippen molar-refractivity contribution in [3.63, 3.8) is 0 Å². The van der Waals surface area contributed by atoms with Gasteiger partial charge in [0, 0.05) is 0 Å². The van der Waals surface area contributed by atoms with Gasteiger partial charge in [-0.2, -0.15) is 0 Å². The van der Waals surface area contributed by atoms with Crippen LogP contribution in [0.1, 0.15) is 326 Å². The molecule has 0 N–H and O–H groups in total. The lowest BCUT2D eigenvalue weighted by Crippen LogP contribution is -2.05. The fourth-order valence-corrected chi connectivity index (χ4v) is 14.7. The minimum absolute atomic E-state index is 0.621. The number of benzene rings is 8. The Balaban J connectivity index is 0.963. The molecule has 0 heterocycles. The Morgan fingerprint density at radius 3 is 0.291 bits per heavy atom. The van der Waals surface area contributed by atoms with Crippen LogP contribution in [0.4, 0.5) is 0 Å². The molecule has 110 heavy (non-hydrogen) atoms. The van der Waals surface area contributed by atoms with Gasteiger partial charge in [0.25, 0.3) is 0 Å². The molecule has 0 atom stereocenters. The van der Waals surface area contributed by atoms with Crippen LogP contribution in [0.15, 0.2) is 72.8 Å². The Morgan fingerprint density at radius 1 is 0.118 bits per heavy atom. The molecule has 610 valence electrons. The highest BCUT2D eigenvalue weighted by Gasteiger charge is 2.24. The van der Waals surface area contributed by atoms with E-state index in [0.29, 0.717) is 79.3 Å². The van der Waals surface area contributed by atoms with E-state index in [2.05, 4.69) is 142 Å². The van der Waals surface area contributed by atoms with Crippen LogP contribution in [0.5, 0.6) is 69.0 Å². The summed E-state index contributed by atoms with van der Waals surface area (Å²) in [6, 6.07) is 26.8. The number of unbranched alkanes of at least 4 members (excludes halogenated alkanes) is 29. The first kappa shape index (κ1) is 88.5. The summed E-state index contributed by atoms with van der Waals surface area (Å²) in [5.74, 6) is 9.47. The summed E-state index contributed by atoms with van der Waals surface area (Å²) in [4.78, 5) is 0. The molecule has 8 aromatic carbocycles. The van der Waals surface area contributed by atoms with Crippen LogP contribution in [-0.2, 0) is 0 Å². The van der Waals surface area contributed by atoms with Gasteiger partial charge in [0.2, 0.25) is 0 Å². The molecule has 0 aromatic heterocycles. The third-order valence-electron chi connectivity index (χ3n) is 21.4. The van der Waals surface area contributed by atoms with E-state index in [9.17, 15) is 0 Å². The lowest BCUT2D eigenvalue weighted by molar-refractivity contribution is 0.259. The van der Waals surface area contributed by atoms with Crippen molar-refractivity contribution in [2.24, 2.45) is 0 Å². The van der Waals surface area contributed by atoms with Gasteiger partial charge in [-0.1, -0.05) is 249 Å². The highest BCUT2D eigenvalue weighted by molar-refractivity contribution is 6.28. The Morgan fingerprint density at radius 2 is 0.200 bits per heavy atom. The molecule has 0 saturated heterocycles. The van der Waals surface area contributed by atoms with Gasteiger partial charge in [-0.25, -0.2) is 0 Å². The lowest BCUT2D eigenvalue weighted by Gasteiger charge is -2.21. The second-order valence-corrected chi connectivity index (χ2v) is 30.9. The van der Waals surface area contributed by atoms with Crippen LogP contribution in [0.25, 0.3) is 64.6 Å². The molecule has 0 aliphatic heterocycles. The number of hydrogen-bond donors (Lipinski definition) is 0. The fraction of sp³-hybridized carbons (Fsp3) is 0.633. The maximum Gasteiger partial charge on any atom is 0.161 e. The monoisotopic (exact) mass is 1520 g/mol. The molecule has 8 aromatic rings. The molecule has 12 heteroatoms. The molecule has 0 aliphatic rings. The molecule has 0 radical (unpaired) electrons. The first-order valence-corrected chi connectivity index (χ1v) is 44.9. The lowest BCUT2D eigenvalue weighted by atomic mass is 9.93. The van der Waals surface area contributed by atoms with E-state index in [-0.39, 0.29) is 0 Å². The largest absolute Gasteiger partial charge is 0.490 e. The minimum atomic E-state index is 0.621. The predicted octanol–water partition coefficient (Wildman–Crippen LogP) is 29.7. The summed E-state index contributed by atoms with van der Waals surface area (Å²) in [7, 11) is 0. The average molecular weight is 1520 g/mol. The zero-order chi connectivity index (χ0) is 77.6. The van der Waals surface area contributed by atoms with Crippen molar-refractivity contribution in [1.29, 1.82) is 0 Å². The topological polar surface area (TPSA) is 111 Å². The highest BCUT2D eigenvalue weighted by atomic mass is 16.5. The van der Waals surface area contributed by atoms with Gasteiger partial charge >= 0.3 is 0 Å². The zero-order valence-corrected chi connectivity index (χ0v) is 70.6. The van der Waals surface area contributed by atoms with Crippen molar-refractivity contribution >= 4 is 64.6 Å². The molecular weight excluding hydrogens is 1370 g/mol. The van der Waals surface area contributed by atoms with Crippen LogP contribution >= 0.6 is 0 Å². The smallest absolute Gasteiger partial charge is 0.161 e. The van der Waals surface area contributed by atoms with Crippen molar-refractivity contribution < 1.29 is 56.8 Å². The van der Waals surface area contributed by atoms with Crippen molar-refractivity contribution in [1.82, 2.24) is 0 Å². The molecular formula is C98H146O12. The van der Waals surface area contributed by atoms with E-state index in [1.54, 1.807) is 0 Å². The van der Waals surface area contributed by atoms with E-state index < -0.39 is 0 Å². The SMILES string of the molecule is CCCCCOc1cc2c3cc(OCCCCC)c(OCCCCC)cc3c3cc(OCCCCCCCCCCCCOc4cc5c6cc(OCCCCC)c(OCCCCC)cc6c6cc(OCCCCC)c(OCCCCC)cc6c5cc4OCCCCC)c(OCCCCC)cc3c2cc1OCCCCC. The van der Waals surface area contributed by atoms with E-state index in [4.69, 9.17) is 56.8 Å². The predicted molar refractivity (Wildman–Crippen MR) is 465 cm³/mol. The molecule has 8 rings (SSSR count). The Labute approximate surface area is 665 Å². The molecule has 0 spiro atoms. The fourth-order valence-electron chi connectivity index (χ4n) is 14.7. The zero-order valence-electron chi connectivity index (χ0n) is 70.6. The van der Waals surface area contributed by atoms with E-state index in [1.807, 2.05) is 0 Å². The molecule has 12 nitrogen and oxygen atoms in total. The second kappa shape index (κ2) is 52.3. The maximum atomic E-state index is 6.89. The summed E-state index contributed by atoms with van der Waals surface area (Å²) in [5, 5.41) is 13.1. The van der Waals surface area contributed by atoms with Gasteiger partial charge in [0.05, 0.1) is 79.3 Å². The summed E-state index contributed by atoms with van der Waals surface area (Å²) in [6.45, 7) is 30.0. The number of hydrogen-bond acceptors (Lipinski definition) is 12. The highest BCUT2D eigenvalue weighted by Crippen LogP contribution is 2.50. The quantitative estimate of drug-likeness (QED) is 0.0267. The number of fused-ring (bicyclic) bond motifs is 12. The van der Waals surface area contributed by atoms with Gasteiger partial charge in [0.1, 0.15) is 0 Å². The van der Waals surface area contributed by atoms with Crippen LogP contribution in [0, 0.1) is 0 Å². The molecule has 0 unspecified atom stereocenters. The second-order valence-electron chi connectivity index (χ2n) is 30.9. The third kappa shape index (κ3) is 27.9. The van der Waals surface area contributed by atoms with Gasteiger partial charge in [-0.15, -0.1) is 0 Å². The number of ether oxygens (including phenoxy) is 12. The van der Waals surface area contributed by atoms with Gasteiger partial charge in [-0.05, 0) is 214 Å². The van der Waals surface area contributed by atoms with Crippen molar-refractivity contribution in [3.8, 4) is 69.0 Å². The molecule has 0 amide bonds. The molecule has 0 bridgehead atoms. The molecule has 0 aliphatic carbocycles. The minimum Gasteiger partial charge on any atom is -0.490 e.